The molecule has 1 atom stereocenters. The minimum atomic E-state index is -0.126. The van der Waals surface area contributed by atoms with Crippen LogP contribution < -0.4 is 16.4 Å². The molecule has 2 amide bonds. The van der Waals surface area contributed by atoms with Gasteiger partial charge in [0.05, 0.1) is 16.6 Å². The normalized spacial score (nSPS) is 18.0. The molecule has 1 heterocycles. The zero-order chi connectivity index (χ0) is 18.2. The lowest BCUT2D eigenvalue weighted by Crippen LogP contribution is -2.44. The van der Waals surface area contributed by atoms with Crippen molar-refractivity contribution in [3.63, 3.8) is 0 Å². The second kappa shape index (κ2) is 9.97. The van der Waals surface area contributed by atoms with Crippen LogP contribution in [0.1, 0.15) is 19.3 Å². The number of amides is 2. The lowest BCUT2D eigenvalue weighted by Gasteiger charge is -2.31. The summed E-state index contributed by atoms with van der Waals surface area (Å²) in [6, 6.07) is 4.94. The van der Waals surface area contributed by atoms with Gasteiger partial charge in [0.2, 0.25) is 11.8 Å². The first kappa shape index (κ1) is 20.0. The SMILES string of the molecule is NCCNC(=O)C1CCCN(CCC(=O)Nc2cc(Cl)ccc2Cl)C1. The third kappa shape index (κ3) is 6.47. The summed E-state index contributed by atoms with van der Waals surface area (Å²) >= 11 is 12.0. The van der Waals surface area contributed by atoms with Crippen LogP contribution >= 0.6 is 23.2 Å². The van der Waals surface area contributed by atoms with Crippen LogP contribution in [0.25, 0.3) is 0 Å². The molecule has 1 saturated heterocycles. The van der Waals surface area contributed by atoms with Crippen molar-refractivity contribution in [2.24, 2.45) is 11.7 Å². The Kier molecular flexibility index (Phi) is 7.96. The number of rotatable bonds is 7. The first-order valence-corrected chi connectivity index (χ1v) is 9.20. The second-order valence-corrected chi connectivity index (χ2v) is 6.99. The molecule has 0 spiro atoms. The molecular weight excluding hydrogens is 363 g/mol. The molecule has 1 fully saturated rings. The van der Waals surface area contributed by atoms with Gasteiger partial charge in [-0.15, -0.1) is 0 Å². The van der Waals surface area contributed by atoms with Gasteiger partial charge in [-0.1, -0.05) is 23.2 Å². The van der Waals surface area contributed by atoms with Gasteiger partial charge in [0, 0.05) is 37.6 Å². The van der Waals surface area contributed by atoms with E-state index in [0.29, 0.717) is 48.3 Å². The first-order chi connectivity index (χ1) is 12.0. The van der Waals surface area contributed by atoms with Crippen molar-refractivity contribution in [2.75, 3.05) is 38.0 Å². The lowest BCUT2D eigenvalue weighted by atomic mass is 9.97. The molecule has 1 aromatic carbocycles. The van der Waals surface area contributed by atoms with Gasteiger partial charge in [0.25, 0.3) is 0 Å². The number of carbonyl (C=O) groups excluding carboxylic acids is 2. The number of benzene rings is 1. The van der Waals surface area contributed by atoms with Gasteiger partial charge in [-0.2, -0.15) is 0 Å². The molecule has 1 aliphatic rings. The van der Waals surface area contributed by atoms with Crippen molar-refractivity contribution in [2.45, 2.75) is 19.3 Å². The number of piperidine rings is 1. The Morgan fingerprint density at radius 3 is 2.88 bits per heavy atom. The van der Waals surface area contributed by atoms with E-state index < -0.39 is 0 Å². The van der Waals surface area contributed by atoms with E-state index in [4.69, 9.17) is 28.9 Å². The van der Waals surface area contributed by atoms with Crippen molar-refractivity contribution in [1.82, 2.24) is 10.2 Å². The zero-order valence-electron chi connectivity index (χ0n) is 14.1. The van der Waals surface area contributed by atoms with Crippen LogP contribution in [0, 0.1) is 5.92 Å². The fourth-order valence-electron chi connectivity index (χ4n) is 2.88. The summed E-state index contributed by atoms with van der Waals surface area (Å²) in [5.74, 6) is -0.116. The minimum absolute atomic E-state index is 0.0364. The molecule has 0 aromatic heterocycles. The summed E-state index contributed by atoms with van der Waals surface area (Å²) < 4.78 is 0. The molecule has 8 heteroatoms. The third-order valence-corrected chi connectivity index (χ3v) is 4.74. The number of carbonyl (C=O) groups is 2. The van der Waals surface area contributed by atoms with Gasteiger partial charge in [-0.25, -0.2) is 0 Å². The van der Waals surface area contributed by atoms with Crippen molar-refractivity contribution >= 4 is 40.7 Å². The predicted molar refractivity (Wildman–Crippen MR) is 101 cm³/mol. The number of nitrogens with one attached hydrogen (secondary N) is 2. The second-order valence-electron chi connectivity index (χ2n) is 6.14. The minimum Gasteiger partial charge on any atom is -0.355 e. The van der Waals surface area contributed by atoms with Gasteiger partial charge in [0.1, 0.15) is 0 Å². The summed E-state index contributed by atoms with van der Waals surface area (Å²) in [5, 5.41) is 6.58. The summed E-state index contributed by atoms with van der Waals surface area (Å²) in [6.45, 7) is 3.10. The van der Waals surface area contributed by atoms with Crippen molar-refractivity contribution in [3.8, 4) is 0 Å². The maximum atomic E-state index is 12.1. The first-order valence-electron chi connectivity index (χ1n) is 8.44. The Bertz CT molecular complexity index is 612. The summed E-state index contributed by atoms with van der Waals surface area (Å²) in [6.07, 6.45) is 2.15. The van der Waals surface area contributed by atoms with Crippen molar-refractivity contribution in [1.29, 1.82) is 0 Å². The predicted octanol–water partition coefficient (Wildman–Crippen LogP) is 2.11. The molecule has 0 radical (unpaired) electrons. The molecule has 0 aliphatic carbocycles. The topological polar surface area (TPSA) is 87.5 Å². The largest absolute Gasteiger partial charge is 0.355 e. The fraction of sp³-hybridized carbons (Fsp3) is 0.529. The van der Waals surface area contributed by atoms with E-state index in [9.17, 15) is 9.59 Å². The van der Waals surface area contributed by atoms with Crippen LogP contribution in [0.15, 0.2) is 18.2 Å². The van der Waals surface area contributed by atoms with Crippen LogP contribution in [0.3, 0.4) is 0 Å². The fourth-order valence-corrected chi connectivity index (χ4v) is 3.21. The average molecular weight is 387 g/mol. The van der Waals surface area contributed by atoms with E-state index >= 15 is 0 Å². The zero-order valence-corrected chi connectivity index (χ0v) is 15.6. The molecule has 138 valence electrons. The molecule has 1 unspecified atom stereocenters. The van der Waals surface area contributed by atoms with Crippen LogP contribution in [-0.4, -0.2) is 49.4 Å². The highest BCUT2D eigenvalue weighted by atomic mass is 35.5. The Balaban J connectivity index is 1.79. The van der Waals surface area contributed by atoms with E-state index in [1.54, 1.807) is 18.2 Å². The molecule has 25 heavy (non-hydrogen) atoms. The molecule has 0 saturated carbocycles. The summed E-state index contributed by atoms with van der Waals surface area (Å²) in [4.78, 5) is 26.3. The van der Waals surface area contributed by atoms with Crippen molar-refractivity contribution < 1.29 is 9.59 Å². The summed E-state index contributed by atoms with van der Waals surface area (Å²) in [7, 11) is 0. The highest BCUT2D eigenvalue weighted by molar-refractivity contribution is 6.35. The highest BCUT2D eigenvalue weighted by Crippen LogP contribution is 2.25. The Morgan fingerprint density at radius 1 is 1.32 bits per heavy atom. The van der Waals surface area contributed by atoms with Gasteiger partial charge < -0.3 is 21.3 Å². The monoisotopic (exact) mass is 386 g/mol. The number of hydrogen-bond acceptors (Lipinski definition) is 4. The number of nitrogens with zero attached hydrogens (tertiary/aromatic N) is 1. The molecule has 1 aromatic rings. The van der Waals surface area contributed by atoms with E-state index in [1.165, 1.54) is 0 Å². The molecule has 1 aliphatic heterocycles. The standard InChI is InChI=1S/C17H24Cl2N4O2/c18-13-3-4-14(19)15(10-13)22-16(24)5-9-23-8-1-2-12(11-23)17(25)21-7-6-20/h3-4,10,12H,1-2,5-9,11,20H2,(H,21,25)(H,22,24). The van der Waals surface area contributed by atoms with Gasteiger partial charge >= 0.3 is 0 Å². The van der Waals surface area contributed by atoms with E-state index in [0.717, 1.165) is 19.4 Å². The van der Waals surface area contributed by atoms with Gasteiger partial charge in [-0.05, 0) is 37.6 Å². The van der Waals surface area contributed by atoms with Crippen LogP contribution in [0.5, 0.6) is 0 Å². The molecule has 4 N–H and O–H groups in total. The molecular formula is C17H24Cl2N4O2. The van der Waals surface area contributed by atoms with Crippen LogP contribution in [0.2, 0.25) is 10.0 Å². The Hall–Kier alpha value is -1.34. The number of nitrogens with two attached hydrogens (primary N) is 1. The Morgan fingerprint density at radius 2 is 2.12 bits per heavy atom. The third-order valence-electron chi connectivity index (χ3n) is 4.18. The van der Waals surface area contributed by atoms with E-state index in [-0.39, 0.29) is 17.7 Å². The molecule has 2 rings (SSSR count). The highest BCUT2D eigenvalue weighted by Gasteiger charge is 2.25. The number of likely N-dealkylation sites (tertiary alicyclic amines) is 1. The molecule has 0 bridgehead atoms. The quantitative estimate of drug-likeness (QED) is 0.669. The van der Waals surface area contributed by atoms with Crippen molar-refractivity contribution in [3.05, 3.63) is 28.2 Å². The Labute approximate surface area is 158 Å². The van der Waals surface area contributed by atoms with E-state index in [2.05, 4.69) is 15.5 Å². The maximum Gasteiger partial charge on any atom is 0.225 e. The van der Waals surface area contributed by atoms with Crippen LogP contribution in [-0.2, 0) is 9.59 Å². The number of hydrogen-bond donors (Lipinski definition) is 3. The van der Waals surface area contributed by atoms with Gasteiger partial charge in [0.15, 0.2) is 0 Å². The van der Waals surface area contributed by atoms with Gasteiger partial charge in [-0.3, -0.25) is 9.59 Å². The van der Waals surface area contributed by atoms with Crippen LogP contribution in [0.4, 0.5) is 5.69 Å². The van der Waals surface area contributed by atoms with E-state index in [1.807, 2.05) is 0 Å². The smallest absolute Gasteiger partial charge is 0.225 e. The molecule has 6 nitrogen and oxygen atoms in total. The lowest BCUT2D eigenvalue weighted by molar-refractivity contribution is -0.126. The summed E-state index contributed by atoms with van der Waals surface area (Å²) in [5.41, 5.74) is 5.92. The number of anilines is 1. The number of halogens is 2. The maximum absolute atomic E-state index is 12.1. The average Bonchev–Trinajstić information content (AvgIpc) is 2.61.